The van der Waals surface area contributed by atoms with Gasteiger partial charge in [0.25, 0.3) is 0 Å². The average molecular weight is 225 g/mol. The van der Waals surface area contributed by atoms with Crippen LogP contribution in [-0.4, -0.2) is 16.1 Å². The Morgan fingerprint density at radius 3 is 2.87 bits per heavy atom. The molecule has 1 aliphatic carbocycles. The third-order valence-electron chi connectivity index (χ3n) is 3.06. The molecule has 1 aromatic heterocycles. The van der Waals surface area contributed by atoms with Crippen molar-refractivity contribution in [3.63, 3.8) is 0 Å². The first-order valence-electron chi connectivity index (χ1n) is 5.36. The molecule has 0 radical (unpaired) electrons. The summed E-state index contributed by atoms with van der Waals surface area (Å²) in [7, 11) is 0. The first-order chi connectivity index (χ1) is 7.18. The summed E-state index contributed by atoms with van der Waals surface area (Å²) in [6.07, 6.45) is 5.00. The molecule has 0 spiro atoms. The molecule has 15 heavy (non-hydrogen) atoms. The van der Waals surface area contributed by atoms with Gasteiger partial charge in [0, 0.05) is 11.3 Å². The first kappa shape index (κ1) is 10.6. The molecule has 4 heteroatoms. The molecule has 82 valence electrons. The predicted molar refractivity (Wildman–Crippen MR) is 59.4 cm³/mol. The van der Waals surface area contributed by atoms with Gasteiger partial charge in [-0.1, -0.05) is 12.8 Å². The number of hydrogen-bond donors (Lipinski definition) is 1. The average Bonchev–Trinajstić information content (AvgIpc) is 2.86. The molecule has 1 atom stereocenters. The molecule has 0 aromatic carbocycles. The lowest BCUT2D eigenvalue weighted by atomic mass is 10.1. The highest BCUT2D eigenvalue weighted by molar-refractivity contribution is 7.09. The summed E-state index contributed by atoms with van der Waals surface area (Å²) in [5.41, 5.74) is 0.717. The summed E-state index contributed by atoms with van der Waals surface area (Å²) >= 11 is 1.62. The van der Waals surface area contributed by atoms with Gasteiger partial charge in [-0.05, 0) is 19.8 Å². The topological polar surface area (TPSA) is 50.2 Å². The summed E-state index contributed by atoms with van der Waals surface area (Å²) in [5.74, 6) is -0.681. The quantitative estimate of drug-likeness (QED) is 0.860. The lowest BCUT2D eigenvalue weighted by Gasteiger charge is -2.04. The number of carboxylic acids is 1. The van der Waals surface area contributed by atoms with Crippen molar-refractivity contribution >= 4 is 17.3 Å². The Hall–Kier alpha value is -0.900. The monoisotopic (exact) mass is 225 g/mol. The van der Waals surface area contributed by atoms with Crippen LogP contribution in [0.3, 0.4) is 0 Å². The molecule has 0 bridgehead atoms. The molecule has 2 rings (SSSR count). The van der Waals surface area contributed by atoms with Gasteiger partial charge in [-0.3, -0.25) is 4.79 Å². The fourth-order valence-corrected chi connectivity index (χ4v) is 3.07. The molecule has 0 saturated heterocycles. The van der Waals surface area contributed by atoms with Crippen LogP contribution >= 0.6 is 11.3 Å². The fraction of sp³-hybridized carbons (Fsp3) is 0.636. The maximum absolute atomic E-state index is 10.8. The molecule has 1 heterocycles. The third kappa shape index (κ3) is 2.20. The van der Waals surface area contributed by atoms with Gasteiger partial charge < -0.3 is 5.11 Å². The third-order valence-corrected chi connectivity index (χ3v) is 4.08. The molecular weight excluding hydrogens is 210 g/mol. The minimum Gasteiger partial charge on any atom is -0.481 e. The summed E-state index contributed by atoms with van der Waals surface area (Å²) < 4.78 is 0. The van der Waals surface area contributed by atoms with Gasteiger partial charge >= 0.3 is 5.97 Å². The highest BCUT2D eigenvalue weighted by atomic mass is 32.1. The van der Waals surface area contributed by atoms with E-state index < -0.39 is 11.9 Å². The molecule has 1 saturated carbocycles. The highest BCUT2D eigenvalue weighted by Crippen LogP contribution is 2.36. The summed E-state index contributed by atoms with van der Waals surface area (Å²) in [6, 6.07) is 0. The number of rotatable bonds is 3. The van der Waals surface area contributed by atoms with E-state index in [1.54, 1.807) is 18.3 Å². The van der Waals surface area contributed by atoms with Crippen molar-refractivity contribution in [3.05, 3.63) is 16.1 Å². The Kier molecular flexibility index (Phi) is 3.05. The second kappa shape index (κ2) is 4.31. The van der Waals surface area contributed by atoms with Crippen LogP contribution in [0.4, 0.5) is 0 Å². The van der Waals surface area contributed by atoms with E-state index in [2.05, 4.69) is 4.98 Å². The van der Waals surface area contributed by atoms with Crippen molar-refractivity contribution in [2.45, 2.75) is 44.4 Å². The minimum atomic E-state index is -0.793. The number of hydrogen-bond acceptors (Lipinski definition) is 3. The largest absolute Gasteiger partial charge is 0.481 e. The molecule has 1 aromatic rings. The van der Waals surface area contributed by atoms with Crippen LogP contribution in [0.25, 0.3) is 0 Å². The molecular formula is C11H15NO2S. The molecule has 3 nitrogen and oxygen atoms in total. The van der Waals surface area contributed by atoms with E-state index in [9.17, 15) is 4.79 Å². The summed E-state index contributed by atoms with van der Waals surface area (Å²) in [5, 5.41) is 11.9. The van der Waals surface area contributed by atoms with Crippen LogP contribution in [-0.2, 0) is 4.79 Å². The second-order valence-corrected chi connectivity index (χ2v) is 5.04. The van der Waals surface area contributed by atoms with E-state index in [1.165, 1.54) is 25.7 Å². The van der Waals surface area contributed by atoms with E-state index in [0.29, 0.717) is 5.92 Å². The minimum absolute atomic E-state index is 0.476. The van der Waals surface area contributed by atoms with Crippen LogP contribution in [0.1, 0.15) is 55.1 Å². The Labute approximate surface area is 93.2 Å². The zero-order valence-corrected chi connectivity index (χ0v) is 9.59. The summed E-state index contributed by atoms with van der Waals surface area (Å²) in [6.45, 7) is 1.69. The van der Waals surface area contributed by atoms with Crippen molar-refractivity contribution < 1.29 is 9.90 Å². The maximum atomic E-state index is 10.8. The number of aliphatic carboxylic acids is 1. The Morgan fingerprint density at radius 1 is 1.60 bits per heavy atom. The fourth-order valence-electron chi connectivity index (χ4n) is 1.99. The van der Waals surface area contributed by atoms with Crippen LogP contribution in [0.5, 0.6) is 0 Å². The molecule has 0 aliphatic heterocycles. The van der Waals surface area contributed by atoms with Crippen LogP contribution in [0, 0.1) is 0 Å². The van der Waals surface area contributed by atoms with Crippen LogP contribution in [0.15, 0.2) is 5.38 Å². The van der Waals surface area contributed by atoms with Gasteiger partial charge in [-0.25, -0.2) is 4.98 Å². The van der Waals surface area contributed by atoms with E-state index in [-0.39, 0.29) is 0 Å². The number of thiazole rings is 1. The zero-order valence-electron chi connectivity index (χ0n) is 8.77. The van der Waals surface area contributed by atoms with E-state index in [0.717, 1.165) is 10.7 Å². The zero-order chi connectivity index (χ0) is 10.8. The summed E-state index contributed by atoms with van der Waals surface area (Å²) in [4.78, 5) is 15.2. The van der Waals surface area contributed by atoms with Crippen LogP contribution < -0.4 is 0 Å². The molecule has 1 unspecified atom stereocenters. The van der Waals surface area contributed by atoms with Gasteiger partial charge in [0.15, 0.2) is 0 Å². The second-order valence-electron chi connectivity index (χ2n) is 4.15. The van der Waals surface area contributed by atoms with Gasteiger partial charge in [0.2, 0.25) is 0 Å². The first-order valence-corrected chi connectivity index (χ1v) is 6.24. The van der Waals surface area contributed by atoms with Crippen molar-refractivity contribution in [2.75, 3.05) is 0 Å². The molecule has 1 N–H and O–H groups in total. The number of carbonyl (C=O) groups is 1. The van der Waals surface area contributed by atoms with Gasteiger partial charge in [-0.2, -0.15) is 0 Å². The smallest absolute Gasteiger partial charge is 0.312 e. The lowest BCUT2D eigenvalue weighted by molar-refractivity contribution is -0.138. The molecule has 0 amide bonds. The Balaban J connectivity index is 2.12. The van der Waals surface area contributed by atoms with E-state index >= 15 is 0 Å². The van der Waals surface area contributed by atoms with Crippen molar-refractivity contribution in [1.29, 1.82) is 0 Å². The van der Waals surface area contributed by atoms with Crippen molar-refractivity contribution in [1.82, 2.24) is 4.98 Å². The molecule has 1 aliphatic rings. The predicted octanol–water partition coefficient (Wildman–Crippen LogP) is 2.99. The van der Waals surface area contributed by atoms with Crippen LogP contribution in [0.2, 0.25) is 0 Å². The van der Waals surface area contributed by atoms with Crippen molar-refractivity contribution in [2.24, 2.45) is 0 Å². The maximum Gasteiger partial charge on any atom is 0.312 e. The number of aromatic nitrogens is 1. The normalized spacial score (nSPS) is 19.3. The number of nitrogens with zero attached hydrogens (tertiary/aromatic N) is 1. The standard InChI is InChI=1S/C11H15NO2S/c1-7(11(13)14)9-6-15-10(12-9)8-4-2-3-5-8/h6-8H,2-5H2,1H3,(H,13,14). The SMILES string of the molecule is CC(C(=O)O)c1csc(C2CCCC2)n1. The van der Waals surface area contributed by atoms with Gasteiger partial charge in [-0.15, -0.1) is 11.3 Å². The Morgan fingerprint density at radius 2 is 2.27 bits per heavy atom. The molecule has 1 fully saturated rings. The van der Waals surface area contributed by atoms with Crippen molar-refractivity contribution in [3.8, 4) is 0 Å². The Bertz CT molecular complexity index is 355. The lowest BCUT2D eigenvalue weighted by Crippen LogP contribution is -2.08. The van der Waals surface area contributed by atoms with E-state index in [4.69, 9.17) is 5.11 Å². The van der Waals surface area contributed by atoms with E-state index in [1.807, 2.05) is 5.38 Å². The number of carboxylic acid groups (broad SMARTS) is 1. The highest BCUT2D eigenvalue weighted by Gasteiger charge is 2.23. The van der Waals surface area contributed by atoms with Gasteiger partial charge in [0.05, 0.1) is 16.6 Å². The van der Waals surface area contributed by atoms with Gasteiger partial charge in [0.1, 0.15) is 0 Å².